The molecule has 162 valence electrons. The molecule has 0 fully saturated rings. The Morgan fingerprint density at radius 2 is 1.85 bits per heavy atom. The highest BCUT2D eigenvalue weighted by Crippen LogP contribution is 2.39. The van der Waals surface area contributed by atoms with Crippen molar-refractivity contribution in [2.45, 2.75) is 19.4 Å². The SMILES string of the molecule is Cc1ccc(CC2Nc3c(-c4cc5sccc5s4)nc(-c4ccc(O)cc4)c[n+]3C2=O)cc1. The van der Waals surface area contributed by atoms with Crippen LogP contribution in [0.2, 0.25) is 0 Å². The van der Waals surface area contributed by atoms with Gasteiger partial charge in [-0.1, -0.05) is 29.8 Å². The van der Waals surface area contributed by atoms with Crippen LogP contribution in [-0.2, 0) is 6.42 Å². The fraction of sp³-hybridized carbons (Fsp3) is 0.115. The van der Waals surface area contributed by atoms with E-state index in [1.807, 2.05) is 12.1 Å². The van der Waals surface area contributed by atoms with Crippen molar-refractivity contribution < 1.29 is 14.5 Å². The fourth-order valence-corrected chi connectivity index (χ4v) is 6.23. The van der Waals surface area contributed by atoms with Crippen LogP contribution in [0, 0.1) is 6.92 Å². The molecule has 0 aliphatic carbocycles. The normalized spacial score (nSPS) is 15.1. The molecule has 0 saturated heterocycles. The van der Waals surface area contributed by atoms with Gasteiger partial charge >= 0.3 is 11.7 Å². The Hall–Kier alpha value is -3.55. The highest BCUT2D eigenvalue weighted by Gasteiger charge is 2.41. The van der Waals surface area contributed by atoms with Crippen molar-refractivity contribution in [2.24, 2.45) is 0 Å². The van der Waals surface area contributed by atoms with E-state index in [0.717, 1.165) is 27.5 Å². The van der Waals surface area contributed by atoms with E-state index in [0.29, 0.717) is 12.1 Å². The van der Waals surface area contributed by atoms with Gasteiger partial charge in [-0.25, -0.2) is 9.78 Å². The second kappa shape index (κ2) is 7.79. The first-order valence-electron chi connectivity index (χ1n) is 10.6. The van der Waals surface area contributed by atoms with Crippen LogP contribution in [-0.4, -0.2) is 22.0 Å². The highest BCUT2D eigenvalue weighted by atomic mass is 32.1. The lowest BCUT2D eigenvalue weighted by molar-refractivity contribution is -0.551. The van der Waals surface area contributed by atoms with Crippen molar-refractivity contribution in [1.82, 2.24) is 4.98 Å². The lowest BCUT2D eigenvalue weighted by atomic mass is 10.0. The Kier molecular flexibility index (Phi) is 4.74. The van der Waals surface area contributed by atoms with E-state index in [2.05, 4.69) is 54.0 Å². The van der Waals surface area contributed by atoms with Crippen molar-refractivity contribution in [3.05, 3.63) is 83.4 Å². The van der Waals surface area contributed by atoms with Gasteiger partial charge in [0.25, 0.3) is 0 Å². The summed E-state index contributed by atoms with van der Waals surface area (Å²) in [6.07, 6.45) is 2.40. The average Bonchev–Trinajstić information content (AvgIpc) is 3.50. The molecule has 0 radical (unpaired) electrons. The van der Waals surface area contributed by atoms with Crippen LogP contribution in [0.1, 0.15) is 15.9 Å². The van der Waals surface area contributed by atoms with E-state index >= 15 is 0 Å². The molecule has 3 aromatic heterocycles. The summed E-state index contributed by atoms with van der Waals surface area (Å²) in [7, 11) is 0. The Balaban J connectivity index is 1.46. The number of rotatable bonds is 4. The summed E-state index contributed by atoms with van der Waals surface area (Å²) in [5.74, 6) is 0.934. The number of thiophene rings is 2. The van der Waals surface area contributed by atoms with Gasteiger partial charge in [0, 0.05) is 21.4 Å². The molecule has 7 heteroatoms. The van der Waals surface area contributed by atoms with Crippen molar-refractivity contribution in [3.8, 4) is 27.6 Å². The molecule has 2 N–H and O–H groups in total. The molecule has 1 aliphatic heterocycles. The summed E-state index contributed by atoms with van der Waals surface area (Å²) in [6, 6.07) is 19.1. The molecular weight excluding hydrogens is 450 g/mol. The Labute approximate surface area is 198 Å². The predicted molar refractivity (Wildman–Crippen MR) is 133 cm³/mol. The number of nitrogens with one attached hydrogen (secondary N) is 1. The third-order valence-electron chi connectivity index (χ3n) is 5.89. The fourth-order valence-electron chi connectivity index (χ4n) is 4.13. The summed E-state index contributed by atoms with van der Waals surface area (Å²) in [4.78, 5) is 19.4. The first-order valence-corrected chi connectivity index (χ1v) is 12.3. The molecule has 1 aliphatic rings. The number of anilines is 1. The third kappa shape index (κ3) is 3.59. The summed E-state index contributed by atoms with van der Waals surface area (Å²) < 4.78 is 4.13. The number of carbonyl (C=O) groups excluding carboxylic acids is 1. The number of fused-ring (bicyclic) bond motifs is 2. The molecule has 0 spiro atoms. The van der Waals surface area contributed by atoms with Gasteiger partial charge in [0.05, 0.1) is 4.88 Å². The molecule has 4 heterocycles. The van der Waals surface area contributed by atoms with Crippen molar-refractivity contribution >= 4 is 43.8 Å². The zero-order valence-electron chi connectivity index (χ0n) is 17.8. The topological polar surface area (TPSA) is 66.1 Å². The Morgan fingerprint density at radius 3 is 2.61 bits per heavy atom. The third-order valence-corrected chi connectivity index (χ3v) is 7.99. The molecule has 0 bridgehead atoms. The van der Waals surface area contributed by atoms with E-state index in [1.165, 1.54) is 15.0 Å². The number of benzene rings is 2. The van der Waals surface area contributed by atoms with Gasteiger partial charge in [0.2, 0.25) is 0 Å². The maximum atomic E-state index is 13.4. The minimum atomic E-state index is -0.357. The quantitative estimate of drug-likeness (QED) is 0.332. The molecule has 2 aromatic carbocycles. The highest BCUT2D eigenvalue weighted by molar-refractivity contribution is 7.28. The maximum Gasteiger partial charge on any atom is 0.359 e. The molecule has 5 nitrogen and oxygen atoms in total. The monoisotopic (exact) mass is 470 g/mol. The largest absolute Gasteiger partial charge is 0.508 e. The number of nitrogens with zero attached hydrogens (tertiary/aromatic N) is 2. The zero-order chi connectivity index (χ0) is 22.5. The van der Waals surface area contributed by atoms with Gasteiger partial charge in [-0.3, -0.25) is 5.32 Å². The van der Waals surface area contributed by atoms with Gasteiger partial charge in [0.1, 0.15) is 17.6 Å². The molecule has 0 saturated carbocycles. The number of phenols is 1. The van der Waals surface area contributed by atoms with Crippen LogP contribution < -0.4 is 9.88 Å². The van der Waals surface area contributed by atoms with Crippen LogP contribution in [0.25, 0.3) is 31.2 Å². The number of aromatic hydroxyl groups is 1. The molecule has 6 rings (SSSR count). The molecule has 1 atom stereocenters. The standard InChI is InChI=1S/C26H19N3O2S2/c1-15-2-4-16(5-3-15)12-19-26(31)29-14-20(17-6-8-18(30)9-7-17)27-24(25(29)28-19)23-13-22-21(33-23)10-11-32-22/h2-11,13-14,19,30H,12H2,1H3/p+1. The van der Waals surface area contributed by atoms with E-state index in [9.17, 15) is 9.90 Å². The lowest BCUT2D eigenvalue weighted by Gasteiger charge is -2.06. The summed E-state index contributed by atoms with van der Waals surface area (Å²) >= 11 is 3.38. The second-order valence-corrected chi connectivity index (χ2v) is 10.3. The van der Waals surface area contributed by atoms with E-state index in [1.54, 1.807) is 45.6 Å². The van der Waals surface area contributed by atoms with Crippen molar-refractivity contribution in [2.75, 3.05) is 5.32 Å². The second-order valence-electron chi connectivity index (χ2n) is 8.22. The molecule has 0 amide bonds. The summed E-state index contributed by atoms with van der Waals surface area (Å²) in [6.45, 7) is 2.06. The minimum absolute atomic E-state index is 0.00706. The first kappa shape index (κ1) is 20.1. The number of phenolic OH excluding ortho intramolecular Hbond substituents is 1. The van der Waals surface area contributed by atoms with Crippen LogP contribution in [0.3, 0.4) is 0 Å². The first-order chi connectivity index (χ1) is 16.0. The minimum Gasteiger partial charge on any atom is -0.508 e. The van der Waals surface area contributed by atoms with Crippen LogP contribution in [0.5, 0.6) is 5.75 Å². The van der Waals surface area contributed by atoms with Crippen LogP contribution >= 0.6 is 22.7 Å². The number of hydrogen-bond donors (Lipinski definition) is 2. The van der Waals surface area contributed by atoms with Gasteiger partial charge in [-0.2, -0.15) is 4.57 Å². The lowest BCUT2D eigenvalue weighted by Crippen LogP contribution is -2.43. The van der Waals surface area contributed by atoms with Gasteiger partial charge in [-0.15, -0.1) is 22.7 Å². The Morgan fingerprint density at radius 1 is 1.06 bits per heavy atom. The van der Waals surface area contributed by atoms with Crippen LogP contribution in [0.4, 0.5) is 5.82 Å². The summed E-state index contributed by atoms with van der Waals surface area (Å²) in [5.41, 5.74) is 4.62. The molecule has 1 unspecified atom stereocenters. The van der Waals surface area contributed by atoms with E-state index in [-0.39, 0.29) is 17.7 Å². The van der Waals surface area contributed by atoms with Crippen molar-refractivity contribution in [1.29, 1.82) is 0 Å². The molecule has 33 heavy (non-hydrogen) atoms. The van der Waals surface area contributed by atoms with E-state index < -0.39 is 0 Å². The van der Waals surface area contributed by atoms with Gasteiger partial charge < -0.3 is 5.11 Å². The van der Waals surface area contributed by atoms with Gasteiger partial charge in [0.15, 0.2) is 11.7 Å². The average molecular weight is 471 g/mol. The number of aryl methyl sites for hydroxylation is 1. The Bertz CT molecular complexity index is 1470. The smallest absolute Gasteiger partial charge is 0.359 e. The predicted octanol–water partition coefficient (Wildman–Crippen LogP) is 5.67. The van der Waals surface area contributed by atoms with Crippen LogP contribution in [0.15, 0.2) is 72.2 Å². The molecular formula is C26H20N3O2S2+. The number of hydrogen-bond acceptors (Lipinski definition) is 6. The maximum absolute atomic E-state index is 13.4. The van der Waals surface area contributed by atoms with Crippen molar-refractivity contribution in [3.63, 3.8) is 0 Å². The molecule has 5 aromatic rings. The summed E-state index contributed by atoms with van der Waals surface area (Å²) in [5, 5.41) is 15.2. The van der Waals surface area contributed by atoms with Gasteiger partial charge in [-0.05, 0) is 54.3 Å². The number of aromatic nitrogens is 2. The zero-order valence-corrected chi connectivity index (χ0v) is 19.4. The number of carbonyl (C=O) groups is 1. The van der Waals surface area contributed by atoms with E-state index in [4.69, 9.17) is 4.98 Å².